The molecule has 2 heterocycles. The molecule has 1 saturated heterocycles. The van der Waals surface area contributed by atoms with Crippen LogP contribution in [0.25, 0.3) is 0 Å². The molecule has 2 atom stereocenters. The van der Waals surface area contributed by atoms with Gasteiger partial charge in [-0.25, -0.2) is 0 Å². The number of carbonyl (C=O) groups is 1. The topological polar surface area (TPSA) is 56.9 Å². The van der Waals surface area contributed by atoms with Crippen LogP contribution in [0.5, 0.6) is 0 Å². The summed E-state index contributed by atoms with van der Waals surface area (Å²) in [6.07, 6.45) is 1.86. The van der Waals surface area contributed by atoms with E-state index in [-0.39, 0.29) is 11.9 Å². The zero-order chi connectivity index (χ0) is 13.3. The smallest absolute Gasteiger partial charge is 0.269 e. The van der Waals surface area contributed by atoms with Crippen LogP contribution in [0.4, 0.5) is 0 Å². The van der Waals surface area contributed by atoms with Gasteiger partial charge in [0.15, 0.2) is 0 Å². The SMILES string of the molecule is Cc1[nH]c(C(=O)N[C@@H]2CCN[C@H](C)C2)c(Cl)c1Cl. The predicted molar refractivity (Wildman–Crippen MR) is 73.5 cm³/mol. The van der Waals surface area contributed by atoms with Crippen molar-refractivity contribution in [1.29, 1.82) is 0 Å². The van der Waals surface area contributed by atoms with Gasteiger partial charge in [-0.1, -0.05) is 23.2 Å². The van der Waals surface area contributed by atoms with Crippen LogP contribution in [0.2, 0.25) is 10.0 Å². The van der Waals surface area contributed by atoms with Crippen molar-refractivity contribution in [2.24, 2.45) is 0 Å². The van der Waals surface area contributed by atoms with Crippen molar-refractivity contribution < 1.29 is 4.79 Å². The lowest BCUT2D eigenvalue weighted by molar-refractivity contribution is 0.0921. The number of halogens is 2. The number of nitrogens with one attached hydrogen (secondary N) is 3. The summed E-state index contributed by atoms with van der Waals surface area (Å²) in [5.41, 5.74) is 1.07. The molecule has 100 valence electrons. The van der Waals surface area contributed by atoms with Gasteiger partial charge in [0.05, 0.1) is 10.0 Å². The molecule has 0 aromatic carbocycles. The molecule has 4 nitrogen and oxygen atoms in total. The summed E-state index contributed by atoms with van der Waals surface area (Å²) in [6, 6.07) is 0.612. The van der Waals surface area contributed by atoms with Crippen molar-refractivity contribution in [3.63, 3.8) is 0 Å². The van der Waals surface area contributed by atoms with E-state index >= 15 is 0 Å². The lowest BCUT2D eigenvalue weighted by Gasteiger charge is -2.28. The maximum Gasteiger partial charge on any atom is 0.269 e. The van der Waals surface area contributed by atoms with Crippen LogP contribution in [0.15, 0.2) is 0 Å². The van der Waals surface area contributed by atoms with E-state index in [1.165, 1.54) is 0 Å². The van der Waals surface area contributed by atoms with Crippen molar-refractivity contribution in [2.45, 2.75) is 38.8 Å². The fourth-order valence-electron chi connectivity index (χ4n) is 2.25. The molecule has 0 radical (unpaired) electrons. The number of amides is 1. The third kappa shape index (κ3) is 2.82. The molecule has 1 fully saturated rings. The van der Waals surface area contributed by atoms with Crippen LogP contribution in [-0.2, 0) is 0 Å². The molecule has 1 aliphatic rings. The monoisotopic (exact) mass is 289 g/mol. The zero-order valence-electron chi connectivity index (χ0n) is 10.4. The maximum atomic E-state index is 12.1. The van der Waals surface area contributed by atoms with E-state index in [4.69, 9.17) is 23.2 Å². The molecule has 2 rings (SSSR count). The van der Waals surface area contributed by atoms with Gasteiger partial charge in [0.25, 0.3) is 5.91 Å². The van der Waals surface area contributed by atoms with E-state index < -0.39 is 0 Å². The number of H-pyrrole nitrogens is 1. The Balaban J connectivity index is 2.05. The number of aromatic amines is 1. The normalized spacial score (nSPS) is 24.0. The van der Waals surface area contributed by atoms with E-state index in [0.29, 0.717) is 27.5 Å². The number of hydrogen-bond acceptors (Lipinski definition) is 2. The summed E-state index contributed by atoms with van der Waals surface area (Å²) >= 11 is 12.0. The number of aromatic nitrogens is 1. The molecule has 0 aliphatic carbocycles. The van der Waals surface area contributed by atoms with Gasteiger partial charge in [0.2, 0.25) is 0 Å². The maximum absolute atomic E-state index is 12.1. The number of carbonyl (C=O) groups excluding carboxylic acids is 1. The average Bonchev–Trinajstić information content (AvgIpc) is 2.57. The van der Waals surface area contributed by atoms with E-state index in [0.717, 1.165) is 19.4 Å². The van der Waals surface area contributed by atoms with Crippen LogP contribution in [0, 0.1) is 6.92 Å². The van der Waals surface area contributed by atoms with Crippen LogP contribution in [0.3, 0.4) is 0 Å². The molecule has 0 spiro atoms. The summed E-state index contributed by atoms with van der Waals surface area (Å²) in [7, 11) is 0. The van der Waals surface area contributed by atoms with Gasteiger partial charge in [-0.2, -0.15) is 0 Å². The molecule has 6 heteroatoms. The van der Waals surface area contributed by atoms with Crippen molar-refractivity contribution in [2.75, 3.05) is 6.54 Å². The lowest BCUT2D eigenvalue weighted by Crippen LogP contribution is -2.46. The third-order valence-electron chi connectivity index (χ3n) is 3.24. The van der Waals surface area contributed by atoms with Crippen molar-refractivity contribution >= 4 is 29.1 Å². The van der Waals surface area contributed by atoms with Crippen molar-refractivity contribution in [3.8, 4) is 0 Å². The summed E-state index contributed by atoms with van der Waals surface area (Å²) < 4.78 is 0. The van der Waals surface area contributed by atoms with Crippen LogP contribution in [0.1, 0.15) is 35.9 Å². The van der Waals surface area contributed by atoms with Crippen molar-refractivity contribution in [1.82, 2.24) is 15.6 Å². The minimum Gasteiger partial charge on any atom is -0.352 e. The standard InChI is InChI=1S/C12H17Cl2N3O/c1-6-5-8(3-4-15-6)17-12(18)11-10(14)9(13)7(2)16-11/h6,8,15-16H,3-5H2,1-2H3,(H,17,18)/t6-,8-/m1/s1. The second kappa shape index (κ2) is 5.51. The second-order valence-corrected chi connectivity index (χ2v) is 5.56. The Morgan fingerprint density at radius 2 is 2.11 bits per heavy atom. The minimum absolute atomic E-state index is 0.186. The van der Waals surface area contributed by atoms with E-state index in [1.54, 1.807) is 6.92 Å². The van der Waals surface area contributed by atoms with Gasteiger partial charge >= 0.3 is 0 Å². The largest absolute Gasteiger partial charge is 0.352 e. The molecule has 1 aromatic heterocycles. The lowest BCUT2D eigenvalue weighted by atomic mass is 10.0. The number of aryl methyl sites for hydroxylation is 1. The van der Waals surface area contributed by atoms with Crippen LogP contribution < -0.4 is 10.6 Å². The Morgan fingerprint density at radius 3 is 2.67 bits per heavy atom. The number of rotatable bonds is 2. The molecule has 1 amide bonds. The van der Waals surface area contributed by atoms with Gasteiger partial charge in [0.1, 0.15) is 5.69 Å². The minimum atomic E-state index is -0.186. The quantitative estimate of drug-likeness (QED) is 0.784. The van der Waals surface area contributed by atoms with Gasteiger partial charge in [-0.05, 0) is 33.2 Å². The first kappa shape index (κ1) is 13.7. The Morgan fingerprint density at radius 1 is 1.39 bits per heavy atom. The molecule has 1 aliphatic heterocycles. The molecule has 0 bridgehead atoms. The molecule has 3 N–H and O–H groups in total. The van der Waals surface area contributed by atoms with Gasteiger partial charge in [-0.3, -0.25) is 4.79 Å². The molecular formula is C12H17Cl2N3O. The molecule has 1 aromatic rings. The van der Waals surface area contributed by atoms with Gasteiger partial charge in [-0.15, -0.1) is 0 Å². The number of piperidine rings is 1. The van der Waals surface area contributed by atoms with Crippen LogP contribution >= 0.6 is 23.2 Å². The van der Waals surface area contributed by atoms with E-state index in [9.17, 15) is 4.79 Å². The summed E-state index contributed by atoms with van der Waals surface area (Å²) in [5.74, 6) is -0.186. The Hall–Kier alpha value is -0.710. The Bertz CT molecular complexity index is 458. The Labute approximate surface area is 116 Å². The van der Waals surface area contributed by atoms with Gasteiger partial charge < -0.3 is 15.6 Å². The first-order valence-electron chi connectivity index (χ1n) is 6.07. The van der Waals surface area contributed by atoms with Gasteiger partial charge in [0, 0.05) is 17.8 Å². The van der Waals surface area contributed by atoms with Crippen molar-refractivity contribution in [3.05, 3.63) is 21.4 Å². The number of hydrogen-bond donors (Lipinski definition) is 3. The fraction of sp³-hybridized carbons (Fsp3) is 0.583. The highest BCUT2D eigenvalue weighted by Crippen LogP contribution is 2.29. The highest BCUT2D eigenvalue weighted by molar-refractivity contribution is 6.44. The molecule has 18 heavy (non-hydrogen) atoms. The predicted octanol–water partition coefficient (Wildman–Crippen LogP) is 2.50. The summed E-state index contributed by atoms with van der Waals surface area (Å²) in [6.45, 7) is 4.82. The highest BCUT2D eigenvalue weighted by Gasteiger charge is 2.23. The summed E-state index contributed by atoms with van der Waals surface area (Å²) in [5, 5.41) is 7.05. The molecule has 0 saturated carbocycles. The van der Waals surface area contributed by atoms with Crippen LogP contribution in [-0.4, -0.2) is 29.5 Å². The first-order chi connectivity index (χ1) is 8.49. The first-order valence-corrected chi connectivity index (χ1v) is 6.82. The third-order valence-corrected chi connectivity index (χ3v) is 4.19. The van der Waals surface area contributed by atoms with E-state index in [1.807, 2.05) is 0 Å². The average molecular weight is 290 g/mol. The fourth-order valence-corrected chi connectivity index (χ4v) is 2.67. The van der Waals surface area contributed by atoms with E-state index in [2.05, 4.69) is 22.5 Å². The molecule has 0 unspecified atom stereocenters. The summed E-state index contributed by atoms with van der Waals surface area (Å²) in [4.78, 5) is 15.0. The highest BCUT2D eigenvalue weighted by atomic mass is 35.5. The Kier molecular flexibility index (Phi) is 4.20. The zero-order valence-corrected chi connectivity index (χ0v) is 12.0. The molecular weight excluding hydrogens is 273 g/mol. The second-order valence-electron chi connectivity index (χ2n) is 4.80.